The van der Waals surface area contributed by atoms with E-state index in [4.69, 9.17) is 0 Å². The van der Waals surface area contributed by atoms with Gasteiger partial charge >= 0.3 is 0 Å². The van der Waals surface area contributed by atoms with Crippen molar-refractivity contribution in [2.45, 2.75) is 35.8 Å². The minimum atomic E-state index is -0.275. The third-order valence-corrected chi connectivity index (χ3v) is 8.16. The van der Waals surface area contributed by atoms with Gasteiger partial charge in [-0.15, -0.1) is 23.5 Å². The van der Waals surface area contributed by atoms with Crippen molar-refractivity contribution in [2.75, 3.05) is 34.5 Å². The average molecular weight is 457 g/mol. The van der Waals surface area contributed by atoms with Crippen LogP contribution in [-0.4, -0.2) is 56.9 Å². The maximum atomic E-state index is 10.0. The summed E-state index contributed by atoms with van der Waals surface area (Å²) >= 11 is 6.98. The Balaban J connectivity index is 0.00000190. The van der Waals surface area contributed by atoms with Gasteiger partial charge in [-0.25, -0.2) is 0 Å². The van der Waals surface area contributed by atoms with E-state index in [1.165, 1.54) is 9.79 Å². The second kappa shape index (κ2) is 17.6. The molecule has 0 saturated heterocycles. The number of aliphatic hydroxyl groups excluding tert-OH is 2. The molecule has 0 fully saturated rings. The van der Waals surface area contributed by atoms with Crippen LogP contribution in [0.3, 0.4) is 0 Å². The molecule has 2 rings (SSSR count). The van der Waals surface area contributed by atoms with Crippen molar-refractivity contribution in [1.82, 2.24) is 0 Å². The summed E-state index contributed by atoms with van der Waals surface area (Å²) in [7, 11) is 0. The Morgan fingerprint density at radius 1 is 0.607 bits per heavy atom. The highest BCUT2D eigenvalue weighted by Crippen LogP contribution is 2.21. The van der Waals surface area contributed by atoms with Crippen LogP contribution >= 0.6 is 47.0 Å². The maximum Gasteiger partial charge on any atom is 0.0724 e. The molecule has 0 aliphatic rings. The molecule has 0 aliphatic carbocycles. The van der Waals surface area contributed by atoms with Gasteiger partial charge in [-0.05, 0) is 24.3 Å². The Bertz CT molecular complexity index is 530. The molecule has 0 aliphatic heterocycles. The van der Waals surface area contributed by atoms with E-state index in [0.29, 0.717) is 0 Å². The summed E-state index contributed by atoms with van der Waals surface area (Å²) in [5.41, 5.74) is 0. The van der Waals surface area contributed by atoms with E-state index in [1.54, 1.807) is 47.0 Å². The van der Waals surface area contributed by atoms with Crippen molar-refractivity contribution < 1.29 is 10.2 Å². The monoisotopic (exact) mass is 456 g/mol. The van der Waals surface area contributed by atoms with Gasteiger partial charge in [0.05, 0.1) is 12.2 Å². The standard InChI is InChI=1S/C20H26O2S4.C2H6/c21-17(15-25-19-7-3-1-4-8-19)13-23-11-12-24-14-18(22)16-26-20-9-5-2-6-10-20;1-2/h1-10,17-18,21-22H,11-16H2;1-2H3. The topological polar surface area (TPSA) is 40.5 Å². The largest absolute Gasteiger partial charge is 0.391 e. The minimum absolute atomic E-state index is 0.275. The van der Waals surface area contributed by atoms with Crippen LogP contribution in [0.1, 0.15) is 13.8 Å². The lowest BCUT2D eigenvalue weighted by Crippen LogP contribution is -2.15. The van der Waals surface area contributed by atoms with E-state index in [-0.39, 0.29) is 12.2 Å². The van der Waals surface area contributed by atoms with Gasteiger partial charge in [0.2, 0.25) is 0 Å². The fourth-order valence-electron chi connectivity index (χ4n) is 2.07. The van der Waals surface area contributed by atoms with Crippen LogP contribution in [0, 0.1) is 0 Å². The first-order valence-corrected chi connectivity index (χ1v) is 13.9. The third-order valence-electron chi connectivity index (χ3n) is 3.36. The lowest BCUT2D eigenvalue weighted by molar-refractivity contribution is 0.224. The van der Waals surface area contributed by atoms with Gasteiger partial charge in [0.15, 0.2) is 0 Å². The number of thioether (sulfide) groups is 4. The summed E-state index contributed by atoms with van der Waals surface area (Å²) in [6, 6.07) is 20.4. The molecule has 2 unspecified atom stereocenters. The van der Waals surface area contributed by atoms with Gasteiger partial charge in [0.1, 0.15) is 0 Å². The second-order valence-electron chi connectivity index (χ2n) is 5.71. The number of rotatable bonds is 13. The van der Waals surface area contributed by atoms with Gasteiger partial charge in [-0.3, -0.25) is 0 Å². The molecule has 0 radical (unpaired) electrons. The second-order valence-corrected chi connectivity index (χ2v) is 10.2. The zero-order valence-electron chi connectivity index (χ0n) is 16.7. The molecule has 0 heterocycles. The average Bonchev–Trinajstić information content (AvgIpc) is 2.76. The predicted octanol–water partition coefficient (Wildman–Crippen LogP) is 5.79. The highest BCUT2D eigenvalue weighted by atomic mass is 32.2. The molecule has 6 heteroatoms. The smallest absolute Gasteiger partial charge is 0.0724 e. The first-order valence-electron chi connectivity index (χ1n) is 9.61. The molecule has 28 heavy (non-hydrogen) atoms. The Morgan fingerprint density at radius 2 is 0.964 bits per heavy atom. The maximum absolute atomic E-state index is 10.0. The van der Waals surface area contributed by atoms with Gasteiger partial charge in [-0.2, -0.15) is 23.5 Å². The Kier molecular flexibility index (Phi) is 16.2. The van der Waals surface area contributed by atoms with Gasteiger partial charge in [0.25, 0.3) is 0 Å². The fraction of sp³-hybridized carbons (Fsp3) is 0.455. The van der Waals surface area contributed by atoms with Crippen molar-refractivity contribution in [3.05, 3.63) is 60.7 Å². The quantitative estimate of drug-likeness (QED) is 0.294. The predicted molar refractivity (Wildman–Crippen MR) is 132 cm³/mol. The Hall–Kier alpha value is -0.240. The Morgan fingerprint density at radius 3 is 1.32 bits per heavy atom. The molecule has 2 aromatic rings. The van der Waals surface area contributed by atoms with Crippen molar-refractivity contribution in [3.8, 4) is 0 Å². The highest BCUT2D eigenvalue weighted by molar-refractivity contribution is 8.03. The zero-order valence-corrected chi connectivity index (χ0v) is 20.0. The van der Waals surface area contributed by atoms with Crippen LogP contribution in [0.15, 0.2) is 70.5 Å². The normalized spacial score (nSPS) is 12.7. The third kappa shape index (κ3) is 13.1. The van der Waals surface area contributed by atoms with Gasteiger partial charge in [-0.1, -0.05) is 50.2 Å². The van der Waals surface area contributed by atoms with Crippen LogP contribution in [0.5, 0.6) is 0 Å². The summed E-state index contributed by atoms with van der Waals surface area (Å²) in [6.07, 6.45) is -0.550. The number of hydrogen-bond acceptors (Lipinski definition) is 6. The first-order chi connectivity index (χ1) is 13.7. The molecular formula is C22H32O2S4. The fourth-order valence-corrected chi connectivity index (χ4v) is 6.13. The molecular weight excluding hydrogens is 425 g/mol. The van der Waals surface area contributed by atoms with Gasteiger partial charge in [0, 0.05) is 44.3 Å². The van der Waals surface area contributed by atoms with E-state index in [2.05, 4.69) is 24.3 Å². The van der Waals surface area contributed by atoms with Crippen LogP contribution < -0.4 is 0 Å². The molecule has 2 nitrogen and oxygen atoms in total. The van der Waals surface area contributed by atoms with Crippen LogP contribution in [0.2, 0.25) is 0 Å². The summed E-state index contributed by atoms with van der Waals surface area (Å²) < 4.78 is 0. The van der Waals surface area contributed by atoms with Crippen molar-refractivity contribution >= 4 is 47.0 Å². The first kappa shape index (κ1) is 25.8. The van der Waals surface area contributed by atoms with Crippen molar-refractivity contribution in [3.63, 3.8) is 0 Å². The molecule has 0 bridgehead atoms. The summed E-state index contributed by atoms with van der Waals surface area (Å²) in [5.74, 6) is 5.03. The van der Waals surface area contributed by atoms with Crippen LogP contribution in [0.25, 0.3) is 0 Å². The van der Waals surface area contributed by atoms with Crippen LogP contribution in [-0.2, 0) is 0 Å². The molecule has 0 aromatic heterocycles. The molecule has 2 N–H and O–H groups in total. The van der Waals surface area contributed by atoms with E-state index >= 15 is 0 Å². The molecule has 2 atom stereocenters. The summed E-state index contributed by atoms with van der Waals surface area (Å²) in [6.45, 7) is 4.00. The number of benzene rings is 2. The number of hydrogen-bond donors (Lipinski definition) is 2. The molecule has 0 amide bonds. The highest BCUT2D eigenvalue weighted by Gasteiger charge is 2.07. The van der Waals surface area contributed by atoms with Gasteiger partial charge < -0.3 is 10.2 Å². The molecule has 2 aromatic carbocycles. The van der Waals surface area contributed by atoms with Crippen molar-refractivity contribution in [1.29, 1.82) is 0 Å². The molecule has 156 valence electrons. The lowest BCUT2D eigenvalue weighted by atomic mass is 10.4. The van der Waals surface area contributed by atoms with E-state index < -0.39 is 0 Å². The lowest BCUT2D eigenvalue weighted by Gasteiger charge is -2.11. The van der Waals surface area contributed by atoms with E-state index in [0.717, 1.165) is 34.5 Å². The SMILES string of the molecule is CC.OC(CSCCSCC(O)CSc1ccccc1)CSc1ccccc1. The summed E-state index contributed by atoms with van der Waals surface area (Å²) in [5, 5.41) is 20.1. The van der Waals surface area contributed by atoms with E-state index in [1.807, 2.05) is 50.2 Å². The molecule has 0 saturated carbocycles. The zero-order chi connectivity index (χ0) is 20.5. The number of aliphatic hydroxyl groups is 2. The van der Waals surface area contributed by atoms with E-state index in [9.17, 15) is 10.2 Å². The molecule has 0 spiro atoms. The summed E-state index contributed by atoms with van der Waals surface area (Å²) in [4.78, 5) is 2.41. The van der Waals surface area contributed by atoms with Crippen molar-refractivity contribution in [2.24, 2.45) is 0 Å². The minimum Gasteiger partial charge on any atom is -0.391 e. The van der Waals surface area contributed by atoms with Crippen LogP contribution in [0.4, 0.5) is 0 Å². The Labute approximate surface area is 187 Å².